The van der Waals surface area contributed by atoms with Crippen LogP contribution in [0.25, 0.3) is 22.8 Å². The summed E-state index contributed by atoms with van der Waals surface area (Å²) in [5, 5.41) is 4.09. The Morgan fingerprint density at radius 2 is 1.79 bits per heavy atom. The summed E-state index contributed by atoms with van der Waals surface area (Å²) in [5.74, 6) is 0.876. The molecule has 9 heteroatoms. The van der Waals surface area contributed by atoms with E-state index >= 15 is 0 Å². The summed E-state index contributed by atoms with van der Waals surface area (Å²) >= 11 is 0. The summed E-state index contributed by atoms with van der Waals surface area (Å²) < 4.78 is 35.8. The zero-order valence-corrected chi connectivity index (χ0v) is 16.1. The van der Waals surface area contributed by atoms with Gasteiger partial charge in [-0.15, -0.1) is 0 Å². The lowest BCUT2D eigenvalue weighted by atomic mass is 10.1. The van der Waals surface area contributed by atoms with Crippen molar-refractivity contribution in [2.45, 2.75) is 0 Å². The van der Waals surface area contributed by atoms with Crippen LogP contribution in [-0.4, -0.2) is 51.1 Å². The van der Waals surface area contributed by atoms with Gasteiger partial charge in [-0.25, -0.2) is 8.42 Å². The zero-order chi connectivity index (χ0) is 19.6. The van der Waals surface area contributed by atoms with Crippen LogP contribution in [0.5, 0.6) is 0 Å². The van der Waals surface area contributed by atoms with Gasteiger partial charge in [-0.2, -0.15) is 4.98 Å². The number of nitrogens with zero attached hydrogens (tertiary/aromatic N) is 3. The Labute approximate surface area is 163 Å². The van der Waals surface area contributed by atoms with E-state index in [0.717, 1.165) is 43.8 Å². The fourth-order valence-corrected chi connectivity index (χ4v) is 3.58. The number of morpholine rings is 1. The predicted molar refractivity (Wildman–Crippen MR) is 107 cm³/mol. The molecule has 0 bridgehead atoms. The first-order valence-corrected chi connectivity index (χ1v) is 10.7. The van der Waals surface area contributed by atoms with Gasteiger partial charge in [-0.3, -0.25) is 4.72 Å². The number of rotatable bonds is 5. The Morgan fingerprint density at radius 1 is 1.04 bits per heavy atom. The number of hydrogen-bond acceptors (Lipinski definition) is 7. The van der Waals surface area contributed by atoms with Crippen LogP contribution in [0.1, 0.15) is 0 Å². The van der Waals surface area contributed by atoms with Gasteiger partial charge >= 0.3 is 0 Å². The van der Waals surface area contributed by atoms with E-state index in [2.05, 4.69) is 25.8 Å². The van der Waals surface area contributed by atoms with E-state index in [4.69, 9.17) is 9.26 Å². The molecule has 0 unspecified atom stereocenters. The Balaban J connectivity index is 1.54. The molecule has 3 aromatic rings. The molecule has 1 N–H and O–H groups in total. The number of nitrogens with one attached hydrogen (secondary N) is 1. The second kappa shape index (κ2) is 7.61. The molecular weight excluding hydrogens is 380 g/mol. The van der Waals surface area contributed by atoms with Crippen molar-refractivity contribution in [1.29, 1.82) is 0 Å². The maximum Gasteiger partial charge on any atom is 0.258 e. The van der Waals surface area contributed by atoms with Crippen molar-refractivity contribution < 1.29 is 17.7 Å². The van der Waals surface area contributed by atoms with Crippen molar-refractivity contribution in [3.8, 4) is 22.8 Å². The Kier molecular flexibility index (Phi) is 5.01. The third-order valence-corrected chi connectivity index (χ3v) is 4.95. The largest absolute Gasteiger partial charge is 0.378 e. The van der Waals surface area contributed by atoms with Gasteiger partial charge in [0.1, 0.15) is 0 Å². The van der Waals surface area contributed by atoms with Crippen molar-refractivity contribution in [2.75, 3.05) is 42.2 Å². The van der Waals surface area contributed by atoms with E-state index in [0.29, 0.717) is 23.0 Å². The summed E-state index contributed by atoms with van der Waals surface area (Å²) in [4.78, 5) is 6.75. The molecule has 1 aliphatic heterocycles. The van der Waals surface area contributed by atoms with Gasteiger partial charge < -0.3 is 14.2 Å². The molecule has 0 atom stereocenters. The number of aromatic nitrogens is 2. The lowest BCUT2D eigenvalue weighted by Gasteiger charge is -2.29. The van der Waals surface area contributed by atoms with E-state index in [9.17, 15) is 8.42 Å². The summed E-state index contributed by atoms with van der Waals surface area (Å²) in [6.45, 7) is 3.16. The third-order valence-electron chi connectivity index (χ3n) is 4.34. The monoisotopic (exact) mass is 400 g/mol. The van der Waals surface area contributed by atoms with Gasteiger partial charge in [0.15, 0.2) is 0 Å². The van der Waals surface area contributed by atoms with Crippen LogP contribution in [0.15, 0.2) is 53.1 Å². The van der Waals surface area contributed by atoms with Gasteiger partial charge in [0, 0.05) is 35.6 Å². The van der Waals surface area contributed by atoms with E-state index < -0.39 is 10.0 Å². The Bertz CT molecular complexity index is 1060. The van der Waals surface area contributed by atoms with Crippen molar-refractivity contribution >= 4 is 21.4 Å². The molecule has 0 spiro atoms. The van der Waals surface area contributed by atoms with Gasteiger partial charge in [0.05, 0.1) is 19.5 Å². The fraction of sp³-hybridized carbons (Fsp3) is 0.263. The summed E-state index contributed by atoms with van der Waals surface area (Å²) in [6, 6.07) is 14.8. The minimum atomic E-state index is -3.31. The Morgan fingerprint density at radius 3 is 2.50 bits per heavy atom. The van der Waals surface area contributed by atoms with Crippen molar-refractivity contribution in [2.24, 2.45) is 0 Å². The average molecular weight is 400 g/mol. The number of anilines is 2. The molecule has 0 radical (unpaired) electrons. The minimum absolute atomic E-state index is 0.373. The van der Waals surface area contributed by atoms with Crippen LogP contribution in [0.3, 0.4) is 0 Å². The highest BCUT2D eigenvalue weighted by Crippen LogP contribution is 2.26. The van der Waals surface area contributed by atoms with Gasteiger partial charge in [0.25, 0.3) is 5.89 Å². The average Bonchev–Trinajstić information content (AvgIpc) is 3.18. The topological polar surface area (TPSA) is 97.6 Å². The molecular formula is C19H20N4O4S. The van der Waals surface area contributed by atoms with Crippen LogP contribution in [-0.2, 0) is 14.8 Å². The third kappa shape index (κ3) is 4.32. The predicted octanol–water partition coefficient (Wildman–Crippen LogP) is 2.61. The highest BCUT2D eigenvalue weighted by atomic mass is 32.2. The molecule has 1 aliphatic rings. The van der Waals surface area contributed by atoms with Crippen LogP contribution < -0.4 is 9.62 Å². The van der Waals surface area contributed by atoms with Gasteiger partial charge in [-0.1, -0.05) is 17.3 Å². The molecule has 0 amide bonds. The molecule has 28 heavy (non-hydrogen) atoms. The summed E-state index contributed by atoms with van der Waals surface area (Å²) in [6.07, 6.45) is 1.11. The molecule has 146 valence electrons. The fourth-order valence-electron chi connectivity index (χ4n) is 3.02. The van der Waals surface area contributed by atoms with Crippen LogP contribution in [0.2, 0.25) is 0 Å². The van der Waals surface area contributed by atoms with Crippen LogP contribution in [0.4, 0.5) is 11.4 Å². The maximum atomic E-state index is 11.3. The lowest BCUT2D eigenvalue weighted by Crippen LogP contribution is -2.36. The Hall–Kier alpha value is -2.91. The van der Waals surface area contributed by atoms with E-state index in [1.54, 1.807) is 24.3 Å². The van der Waals surface area contributed by atoms with Gasteiger partial charge in [0.2, 0.25) is 15.8 Å². The highest BCUT2D eigenvalue weighted by Gasteiger charge is 2.15. The highest BCUT2D eigenvalue weighted by molar-refractivity contribution is 7.92. The molecule has 2 heterocycles. The normalized spacial score (nSPS) is 14.8. The number of sulfonamides is 1. The molecule has 8 nitrogen and oxygen atoms in total. The smallest absolute Gasteiger partial charge is 0.258 e. The summed E-state index contributed by atoms with van der Waals surface area (Å²) in [7, 11) is -3.31. The second-order valence-corrected chi connectivity index (χ2v) is 8.27. The van der Waals surface area contributed by atoms with E-state index in [1.807, 2.05) is 18.2 Å². The molecule has 1 fully saturated rings. The SMILES string of the molecule is CS(=O)(=O)Nc1ccc(-c2nc(-c3cccc(N4CCOCC4)c3)no2)cc1. The molecule has 0 saturated carbocycles. The minimum Gasteiger partial charge on any atom is -0.378 e. The molecule has 1 aromatic heterocycles. The van der Waals surface area contributed by atoms with Crippen molar-refractivity contribution in [3.63, 3.8) is 0 Å². The summed E-state index contributed by atoms with van der Waals surface area (Å²) in [5.41, 5.74) is 3.16. The van der Waals surface area contributed by atoms with Gasteiger partial charge in [-0.05, 0) is 36.4 Å². The lowest BCUT2D eigenvalue weighted by molar-refractivity contribution is 0.122. The van der Waals surface area contributed by atoms with Crippen molar-refractivity contribution in [3.05, 3.63) is 48.5 Å². The number of ether oxygens (including phenoxy) is 1. The van der Waals surface area contributed by atoms with Crippen LogP contribution in [0, 0.1) is 0 Å². The molecule has 2 aromatic carbocycles. The number of benzene rings is 2. The maximum absolute atomic E-state index is 11.3. The second-order valence-electron chi connectivity index (χ2n) is 6.52. The van der Waals surface area contributed by atoms with E-state index in [-0.39, 0.29) is 0 Å². The number of hydrogen-bond donors (Lipinski definition) is 1. The molecule has 0 aliphatic carbocycles. The first-order chi connectivity index (χ1) is 13.5. The molecule has 1 saturated heterocycles. The van der Waals surface area contributed by atoms with E-state index in [1.165, 1.54) is 0 Å². The molecule has 4 rings (SSSR count). The zero-order valence-electron chi connectivity index (χ0n) is 15.3. The first-order valence-electron chi connectivity index (χ1n) is 8.83. The quantitative estimate of drug-likeness (QED) is 0.703. The van der Waals surface area contributed by atoms with Crippen molar-refractivity contribution in [1.82, 2.24) is 10.1 Å². The first kappa shape index (κ1) is 18.5. The standard InChI is InChI=1S/C19H20N4O4S/c1-28(24,25)22-16-7-5-14(6-8-16)19-20-18(21-27-19)15-3-2-4-17(13-15)23-9-11-26-12-10-23/h2-8,13,22H,9-12H2,1H3. The van der Waals surface area contributed by atoms with Crippen LogP contribution >= 0.6 is 0 Å².